The number of benzene rings is 2. The van der Waals surface area contributed by atoms with Gasteiger partial charge in [-0.3, -0.25) is 0 Å². The Morgan fingerprint density at radius 3 is 2.35 bits per heavy atom. The standard InChI is InChI=1S/C16H10Cl3NO3/c1-9-3-4-14(11(17)5-9)22-8-15(21)23-16-12(18)6-10(20-2)7-13(16)19/h3-7H,8H2,1H3. The van der Waals surface area contributed by atoms with E-state index in [0.29, 0.717) is 10.8 Å². The maximum Gasteiger partial charge on any atom is 0.349 e. The van der Waals surface area contributed by atoms with Crippen LogP contribution in [-0.4, -0.2) is 12.6 Å². The molecule has 0 saturated heterocycles. The minimum Gasteiger partial charge on any atom is -0.480 e. The molecule has 0 atom stereocenters. The van der Waals surface area contributed by atoms with Gasteiger partial charge in [-0.15, -0.1) is 0 Å². The van der Waals surface area contributed by atoms with E-state index in [0.717, 1.165) is 5.56 Å². The molecule has 0 fully saturated rings. The number of nitrogens with zero attached hydrogens (tertiary/aromatic N) is 1. The van der Waals surface area contributed by atoms with Crippen molar-refractivity contribution in [3.05, 3.63) is 62.4 Å². The van der Waals surface area contributed by atoms with Gasteiger partial charge in [0.1, 0.15) is 5.75 Å². The highest BCUT2D eigenvalue weighted by Gasteiger charge is 2.15. The Morgan fingerprint density at radius 1 is 1.13 bits per heavy atom. The monoisotopic (exact) mass is 369 g/mol. The topological polar surface area (TPSA) is 39.9 Å². The van der Waals surface area contributed by atoms with Crippen molar-refractivity contribution >= 4 is 46.5 Å². The van der Waals surface area contributed by atoms with E-state index in [4.69, 9.17) is 50.8 Å². The number of ether oxygens (including phenoxy) is 2. The molecule has 0 unspecified atom stereocenters. The van der Waals surface area contributed by atoms with E-state index < -0.39 is 5.97 Å². The van der Waals surface area contributed by atoms with Crippen molar-refractivity contribution in [3.63, 3.8) is 0 Å². The predicted octanol–water partition coefficient (Wildman–Crippen LogP) is 5.49. The van der Waals surface area contributed by atoms with Gasteiger partial charge < -0.3 is 9.47 Å². The third-order valence-electron chi connectivity index (χ3n) is 2.76. The zero-order chi connectivity index (χ0) is 17.0. The summed E-state index contributed by atoms with van der Waals surface area (Å²) >= 11 is 17.9. The zero-order valence-corrected chi connectivity index (χ0v) is 14.2. The Hall–Kier alpha value is -1.93. The van der Waals surface area contributed by atoms with Gasteiger partial charge in [-0.2, -0.15) is 0 Å². The van der Waals surface area contributed by atoms with Crippen LogP contribution in [0, 0.1) is 13.5 Å². The summed E-state index contributed by atoms with van der Waals surface area (Å²) < 4.78 is 10.4. The number of esters is 1. The molecule has 0 N–H and O–H groups in total. The third-order valence-corrected chi connectivity index (χ3v) is 3.62. The highest BCUT2D eigenvalue weighted by Crippen LogP contribution is 2.37. The quantitative estimate of drug-likeness (QED) is 0.406. The molecule has 23 heavy (non-hydrogen) atoms. The molecule has 0 spiro atoms. The van der Waals surface area contributed by atoms with E-state index in [-0.39, 0.29) is 28.1 Å². The molecule has 2 aromatic carbocycles. The average molecular weight is 371 g/mol. The van der Waals surface area contributed by atoms with E-state index in [1.807, 2.05) is 13.0 Å². The Morgan fingerprint density at radius 2 is 1.78 bits per heavy atom. The van der Waals surface area contributed by atoms with Crippen molar-refractivity contribution in [2.45, 2.75) is 6.92 Å². The normalized spacial score (nSPS) is 10.0. The van der Waals surface area contributed by atoms with Crippen molar-refractivity contribution < 1.29 is 14.3 Å². The lowest BCUT2D eigenvalue weighted by molar-refractivity contribution is -0.136. The molecule has 4 nitrogen and oxygen atoms in total. The first-order valence-corrected chi connectivity index (χ1v) is 7.50. The first kappa shape index (κ1) is 17.4. The summed E-state index contributed by atoms with van der Waals surface area (Å²) in [6.45, 7) is 8.44. The molecule has 0 aliphatic rings. The molecule has 118 valence electrons. The molecular weight excluding hydrogens is 361 g/mol. The second-order valence-corrected chi connectivity index (χ2v) is 5.77. The number of aryl methyl sites for hydroxylation is 1. The highest BCUT2D eigenvalue weighted by atomic mass is 35.5. The van der Waals surface area contributed by atoms with Gasteiger partial charge in [0.25, 0.3) is 0 Å². The number of rotatable bonds is 4. The number of carbonyl (C=O) groups is 1. The minimum atomic E-state index is -0.694. The lowest BCUT2D eigenvalue weighted by Crippen LogP contribution is -2.18. The van der Waals surface area contributed by atoms with Crippen molar-refractivity contribution in [3.8, 4) is 11.5 Å². The summed E-state index contributed by atoms with van der Waals surface area (Å²) in [5, 5.41) is 0.547. The van der Waals surface area contributed by atoms with Crippen molar-refractivity contribution in [1.29, 1.82) is 0 Å². The van der Waals surface area contributed by atoms with Gasteiger partial charge in [0.05, 0.1) is 21.6 Å². The summed E-state index contributed by atoms with van der Waals surface area (Å²) in [6.07, 6.45) is 0. The summed E-state index contributed by atoms with van der Waals surface area (Å²) in [4.78, 5) is 15.1. The van der Waals surface area contributed by atoms with Gasteiger partial charge >= 0.3 is 5.97 Å². The van der Waals surface area contributed by atoms with Crippen LogP contribution in [0.2, 0.25) is 15.1 Å². The second-order valence-electron chi connectivity index (χ2n) is 4.55. The zero-order valence-electron chi connectivity index (χ0n) is 11.9. The molecule has 0 aliphatic heterocycles. The maximum atomic E-state index is 11.9. The van der Waals surface area contributed by atoms with Crippen LogP contribution in [0.1, 0.15) is 5.56 Å². The molecule has 0 bridgehead atoms. The molecule has 2 aromatic rings. The number of carbonyl (C=O) groups excluding carboxylic acids is 1. The van der Waals surface area contributed by atoms with Gasteiger partial charge in [0.15, 0.2) is 18.0 Å². The average Bonchev–Trinajstić information content (AvgIpc) is 2.49. The SMILES string of the molecule is [C-]#[N+]c1cc(Cl)c(OC(=O)COc2ccc(C)cc2Cl)c(Cl)c1. The fraction of sp³-hybridized carbons (Fsp3) is 0.125. The number of hydrogen-bond acceptors (Lipinski definition) is 3. The summed E-state index contributed by atoms with van der Waals surface area (Å²) in [7, 11) is 0. The molecule has 0 heterocycles. The van der Waals surface area contributed by atoms with Crippen molar-refractivity contribution in [2.75, 3.05) is 6.61 Å². The van der Waals surface area contributed by atoms with E-state index in [2.05, 4.69) is 4.85 Å². The van der Waals surface area contributed by atoms with Gasteiger partial charge in [0, 0.05) is 0 Å². The highest BCUT2D eigenvalue weighted by molar-refractivity contribution is 6.37. The Labute approximate surface area is 148 Å². The van der Waals surface area contributed by atoms with Crippen LogP contribution < -0.4 is 9.47 Å². The van der Waals surface area contributed by atoms with Crippen LogP contribution in [0.4, 0.5) is 5.69 Å². The Kier molecular flexibility index (Phi) is 5.73. The molecular formula is C16H10Cl3NO3. The van der Waals surface area contributed by atoms with Crippen LogP contribution in [0.3, 0.4) is 0 Å². The molecule has 0 saturated carbocycles. The van der Waals surface area contributed by atoms with Gasteiger partial charge in [-0.1, -0.05) is 40.9 Å². The molecule has 0 radical (unpaired) electrons. The van der Waals surface area contributed by atoms with Gasteiger partial charge in [-0.05, 0) is 36.8 Å². The lowest BCUT2D eigenvalue weighted by atomic mass is 10.2. The summed E-state index contributed by atoms with van der Waals surface area (Å²) in [6, 6.07) is 7.92. The van der Waals surface area contributed by atoms with Crippen LogP contribution in [0.25, 0.3) is 4.85 Å². The lowest BCUT2D eigenvalue weighted by Gasteiger charge is -2.10. The third kappa shape index (κ3) is 4.52. The maximum absolute atomic E-state index is 11.9. The fourth-order valence-corrected chi connectivity index (χ4v) is 2.55. The van der Waals surface area contributed by atoms with Crippen LogP contribution in [0.5, 0.6) is 11.5 Å². The fourth-order valence-electron chi connectivity index (χ4n) is 1.71. The summed E-state index contributed by atoms with van der Waals surface area (Å²) in [5.74, 6) is -0.333. The van der Waals surface area contributed by atoms with E-state index in [9.17, 15) is 4.79 Å². The first-order chi connectivity index (χ1) is 10.9. The molecule has 0 amide bonds. The molecule has 0 aliphatic carbocycles. The van der Waals surface area contributed by atoms with Crippen LogP contribution in [0.15, 0.2) is 30.3 Å². The number of hydrogen-bond donors (Lipinski definition) is 0. The first-order valence-electron chi connectivity index (χ1n) is 6.37. The summed E-state index contributed by atoms with van der Waals surface area (Å²) in [5.41, 5.74) is 1.23. The van der Waals surface area contributed by atoms with E-state index >= 15 is 0 Å². The Bertz CT molecular complexity index is 777. The van der Waals surface area contributed by atoms with Crippen LogP contribution in [-0.2, 0) is 4.79 Å². The largest absolute Gasteiger partial charge is 0.480 e. The molecule has 0 aromatic heterocycles. The number of halogens is 3. The Balaban J connectivity index is 2.04. The predicted molar refractivity (Wildman–Crippen MR) is 90.0 cm³/mol. The second kappa shape index (κ2) is 7.56. The smallest absolute Gasteiger partial charge is 0.349 e. The van der Waals surface area contributed by atoms with E-state index in [1.165, 1.54) is 12.1 Å². The molecule has 7 heteroatoms. The molecule has 2 rings (SSSR count). The van der Waals surface area contributed by atoms with Gasteiger partial charge in [0.2, 0.25) is 0 Å². The van der Waals surface area contributed by atoms with Crippen LogP contribution >= 0.6 is 34.8 Å². The minimum absolute atomic E-state index is 0.00987. The van der Waals surface area contributed by atoms with E-state index in [1.54, 1.807) is 12.1 Å². The van der Waals surface area contributed by atoms with Crippen molar-refractivity contribution in [1.82, 2.24) is 0 Å². The van der Waals surface area contributed by atoms with Crippen molar-refractivity contribution in [2.24, 2.45) is 0 Å². The van der Waals surface area contributed by atoms with Gasteiger partial charge in [-0.25, -0.2) is 9.64 Å².